The highest BCUT2D eigenvalue weighted by molar-refractivity contribution is 5.85. The summed E-state index contributed by atoms with van der Waals surface area (Å²) in [6, 6.07) is 6.66. The molecule has 4 nitrogen and oxygen atoms in total. The molecule has 0 bridgehead atoms. The number of nitrogens with two attached hydrogens (primary N) is 2. The van der Waals surface area contributed by atoms with Crippen LogP contribution in [0, 0.1) is 0 Å². The van der Waals surface area contributed by atoms with Crippen LogP contribution in [-0.2, 0) is 0 Å². The summed E-state index contributed by atoms with van der Waals surface area (Å²) < 4.78 is 0. The van der Waals surface area contributed by atoms with E-state index in [0.29, 0.717) is 17.6 Å². The van der Waals surface area contributed by atoms with Crippen LogP contribution in [0.2, 0.25) is 0 Å². The predicted octanol–water partition coefficient (Wildman–Crippen LogP) is 1.66. The van der Waals surface area contributed by atoms with Gasteiger partial charge in [-0.15, -0.1) is 12.4 Å². The van der Waals surface area contributed by atoms with Crippen LogP contribution in [0.1, 0.15) is 12.0 Å². The first-order valence-electron chi connectivity index (χ1n) is 4.99. The van der Waals surface area contributed by atoms with Crippen molar-refractivity contribution >= 4 is 18.0 Å². The summed E-state index contributed by atoms with van der Waals surface area (Å²) in [5.74, 6) is 0.0531. The summed E-state index contributed by atoms with van der Waals surface area (Å²) in [6.07, 6.45) is 3.67. The predicted molar refractivity (Wildman–Crippen MR) is 69.8 cm³/mol. The molecule has 1 aromatic carbocycles. The number of phenolic OH excluding ortho intramolecular Hbond substituents is 1. The van der Waals surface area contributed by atoms with Gasteiger partial charge in [0.1, 0.15) is 11.5 Å². The van der Waals surface area contributed by atoms with Gasteiger partial charge in [0.15, 0.2) is 0 Å². The fraction of sp³-hybridized carbons (Fsp3) is 0.167. The Hall–Kier alpha value is -1.49. The summed E-state index contributed by atoms with van der Waals surface area (Å²) in [4.78, 5) is 0. The third-order valence-corrected chi connectivity index (χ3v) is 2.63. The van der Waals surface area contributed by atoms with Gasteiger partial charge < -0.3 is 21.7 Å². The van der Waals surface area contributed by atoms with Gasteiger partial charge >= 0.3 is 0 Å². The van der Waals surface area contributed by atoms with Crippen LogP contribution in [0.5, 0.6) is 5.75 Å². The first kappa shape index (κ1) is 13.6. The van der Waals surface area contributed by atoms with Crippen LogP contribution in [0.4, 0.5) is 0 Å². The minimum atomic E-state index is -1.16. The first-order chi connectivity index (χ1) is 7.52. The number of phenols is 1. The molecule has 0 radical (unpaired) electrons. The molecule has 0 atom stereocenters. The number of halogens is 1. The van der Waals surface area contributed by atoms with Crippen molar-refractivity contribution < 1.29 is 10.2 Å². The second-order valence-corrected chi connectivity index (χ2v) is 3.92. The van der Waals surface area contributed by atoms with Gasteiger partial charge in [-0.25, -0.2) is 0 Å². The molecule has 0 aromatic heterocycles. The fourth-order valence-electron chi connectivity index (χ4n) is 1.86. The summed E-state index contributed by atoms with van der Waals surface area (Å²) in [6.45, 7) is 0. The van der Waals surface area contributed by atoms with Crippen LogP contribution in [-0.4, -0.2) is 15.9 Å². The van der Waals surface area contributed by atoms with Crippen molar-refractivity contribution in [3.8, 4) is 5.75 Å². The lowest BCUT2D eigenvalue weighted by molar-refractivity contribution is 0.414. The molecular weight excluding hydrogens is 240 g/mol. The molecule has 2 rings (SSSR count). The largest absolute Gasteiger partial charge is 0.508 e. The molecule has 5 heteroatoms. The molecule has 0 aliphatic heterocycles. The molecule has 17 heavy (non-hydrogen) atoms. The third kappa shape index (κ3) is 2.44. The van der Waals surface area contributed by atoms with Crippen LogP contribution in [0.15, 0.2) is 42.2 Å². The summed E-state index contributed by atoms with van der Waals surface area (Å²) >= 11 is 0. The van der Waals surface area contributed by atoms with E-state index in [4.69, 9.17) is 11.5 Å². The van der Waals surface area contributed by atoms with Gasteiger partial charge in [-0.05, 0) is 12.1 Å². The van der Waals surface area contributed by atoms with Gasteiger partial charge in [-0.3, -0.25) is 0 Å². The van der Waals surface area contributed by atoms with Crippen molar-refractivity contribution in [1.82, 2.24) is 0 Å². The Morgan fingerprint density at radius 2 is 1.76 bits per heavy atom. The quantitative estimate of drug-likeness (QED) is 0.574. The van der Waals surface area contributed by atoms with Crippen molar-refractivity contribution in [2.75, 3.05) is 0 Å². The van der Waals surface area contributed by atoms with Crippen LogP contribution in [0.25, 0.3) is 5.57 Å². The van der Waals surface area contributed by atoms with E-state index in [-0.39, 0.29) is 23.9 Å². The Bertz CT molecular complexity index is 481. The highest BCUT2D eigenvalue weighted by Crippen LogP contribution is 2.35. The normalized spacial score (nSPS) is 17.8. The smallest absolute Gasteiger partial charge is 0.123 e. The molecule has 1 aliphatic rings. The lowest BCUT2D eigenvalue weighted by Crippen LogP contribution is -2.51. The van der Waals surface area contributed by atoms with E-state index in [2.05, 4.69) is 0 Å². The summed E-state index contributed by atoms with van der Waals surface area (Å²) in [7, 11) is 0. The van der Waals surface area contributed by atoms with Gasteiger partial charge in [0.25, 0.3) is 0 Å². The zero-order chi connectivity index (χ0) is 11.8. The molecule has 0 saturated heterocycles. The second-order valence-electron chi connectivity index (χ2n) is 3.92. The number of aliphatic hydroxyl groups excluding tert-OH is 1. The average Bonchev–Trinajstić information content (AvgIpc) is 2.19. The fourth-order valence-corrected chi connectivity index (χ4v) is 1.86. The maximum Gasteiger partial charge on any atom is 0.123 e. The Morgan fingerprint density at radius 1 is 1.12 bits per heavy atom. The maximum atomic E-state index is 9.80. The minimum Gasteiger partial charge on any atom is -0.508 e. The molecule has 0 unspecified atom stereocenters. The monoisotopic (exact) mass is 254 g/mol. The Morgan fingerprint density at radius 3 is 2.35 bits per heavy atom. The number of para-hydroxylation sites is 1. The molecule has 0 amide bonds. The number of aliphatic hydroxyl groups is 1. The van der Waals surface area contributed by atoms with E-state index in [1.807, 2.05) is 0 Å². The lowest BCUT2D eigenvalue weighted by Gasteiger charge is -2.30. The topological polar surface area (TPSA) is 92.5 Å². The van der Waals surface area contributed by atoms with E-state index < -0.39 is 5.66 Å². The SMILES string of the molecule is Cl.NC1(N)CC=CC(O)=C1c1ccccc1O. The van der Waals surface area contributed by atoms with E-state index in [0.717, 1.165) is 0 Å². The Kier molecular flexibility index (Phi) is 3.83. The van der Waals surface area contributed by atoms with E-state index >= 15 is 0 Å². The van der Waals surface area contributed by atoms with Gasteiger partial charge in [-0.1, -0.05) is 24.3 Å². The highest BCUT2D eigenvalue weighted by Gasteiger charge is 2.31. The van der Waals surface area contributed by atoms with Crippen molar-refractivity contribution in [3.05, 3.63) is 47.7 Å². The van der Waals surface area contributed by atoms with E-state index in [1.165, 1.54) is 6.07 Å². The lowest BCUT2D eigenvalue weighted by atomic mass is 9.86. The molecule has 1 aliphatic carbocycles. The first-order valence-corrected chi connectivity index (χ1v) is 4.99. The van der Waals surface area contributed by atoms with Gasteiger partial charge in [0.2, 0.25) is 0 Å². The number of allylic oxidation sites excluding steroid dienone is 1. The molecule has 0 spiro atoms. The van der Waals surface area contributed by atoms with Gasteiger partial charge in [-0.2, -0.15) is 0 Å². The second kappa shape index (κ2) is 4.79. The van der Waals surface area contributed by atoms with Crippen molar-refractivity contribution in [1.29, 1.82) is 0 Å². The van der Waals surface area contributed by atoms with E-state index in [1.54, 1.807) is 30.4 Å². The third-order valence-electron chi connectivity index (χ3n) is 2.63. The maximum absolute atomic E-state index is 9.80. The molecule has 0 fully saturated rings. The summed E-state index contributed by atoms with van der Waals surface area (Å²) in [5, 5.41) is 19.5. The zero-order valence-electron chi connectivity index (χ0n) is 9.13. The molecule has 92 valence electrons. The molecule has 0 saturated carbocycles. The molecule has 0 heterocycles. The molecular formula is C12H15ClN2O2. The van der Waals surface area contributed by atoms with Crippen molar-refractivity contribution in [3.63, 3.8) is 0 Å². The molecule has 1 aromatic rings. The van der Waals surface area contributed by atoms with Gasteiger partial charge in [0, 0.05) is 17.6 Å². The summed E-state index contributed by atoms with van der Waals surface area (Å²) in [5.41, 5.74) is 11.5. The van der Waals surface area contributed by atoms with Crippen LogP contribution in [0.3, 0.4) is 0 Å². The number of hydrogen-bond acceptors (Lipinski definition) is 4. The Balaban J connectivity index is 0.00000144. The minimum absolute atomic E-state index is 0. The number of aromatic hydroxyl groups is 1. The highest BCUT2D eigenvalue weighted by atomic mass is 35.5. The van der Waals surface area contributed by atoms with Crippen LogP contribution < -0.4 is 11.5 Å². The Labute approximate surface area is 106 Å². The van der Waals surface area contributed by atoms with Crippen molar-refractivity contribution in [2.24, 2.45) is 11.5 Å². The van der Waals surface area contributed by atoms with E-state index in [9.17, 15) is 10.2 Å². The van der Waals surface area contributed by atoms with Gasteiger partial charge in [0.05, 0.1) is 5.66 Å². The average molecular weight is 255 g/mol. The number of rotatable bonds is 1. The van der Waals surface area contributed by atoms with Crippen LogP contribution >= 0.6 is 12.4 Å². The molecule has 6 N–H and O–H groups in total. The zero-order valence-corrected chi connectivity index (χ0v) is 9.95. The van der Waals surface area contributed by atoms with Crippen molar-refractivity contribution in [2.45, 2.75) is 12.1 Å². The number of hydrogen-bond donors (Lipinski definition) is 4. The standard InChI is InChI=1S/C12H14N2O2.ClH/c13-12(14)7-3-6-10(16)11(12)8-4-1-2-5-9(8)15;/h1-6,15-16H,7,13-14H2;1H. The number of benzene rings is 1.